The Labute approximate surface area is 138 Å². The van der Waals surface area contributed by atoms with E-state index in [1.165, 1.54) is 0 Å². The van der Waals surface area contributed by atoms with Crippen LogP contribution in [0.4, 0.5) is 5.69 Å². The lowest BCUT2D eigenvalue weighted by Crippen LogP contribution is -2.60. The van der Waals surface area contributed by atoms with Crippen LogP contribution in [0, 0.1) is 0 Å². The number of amides is 2. The van der Waals surface area contributed by atoms with E-state index in [0.717, 1.165) is 24.1 Å². The van der Waals surface area contributed by atoms with Gasteiger partial charge in [0.1, 0.15) is 5.54 Å². The zero-order valence-corrected chi connectivity index (χ0v) is 14.3. The molecule has 0 saturated carbocycles. The summed E-state index contributed by atoms with van der Waals surface area (Å²) < 4.78 is 0. The van der Waals surface area contributed by atoms with Gasteiger partial charge in [-0.05, 0) is 31.4 Å². The Morgan fingerprint density at radius 2 is 2.04 bits per heavy atom. The van der Waals surface area contributed by atoms with E-state index in [1.54, 1.807) is 4.90 Å². The maximum atomic E-state index is 12.8. The van der Waals surface area contributed by atoms with E-state index in [-0.39, 0.29) is 11.8 Å². The summed E-state index contributed by atoms with van der Waals surface area (Å²) in [5.74, 6) is -0.301. The number of fused-ring (bicyclic) bond motifs is 1. The summed E-state index contributed by atoms with van der Waals surface area (Å²) >= 11 is 0. The van der Waals surface area contributed by atoms with Crippen LogP contribution in [0.5, 0.6) is 0 Å². The van der Waals surface area contributed by atoms with Crippen LogP contribution in [0.25, 0.3) is 0 Å². The second-order valence-electron chi connectivity index (χ2n) is 6.38. The van der Waals surface area contributed by atoms with Crippen LogP contribution in [0.2, 0.25) is 0 Å². The first kappa shape index (κ1) is 17.5. The molecule has 0 aliphatic carbocycles. The van der Waals surface area contributed by atoms with Crippen molar-refractivity contribution in [3.8, 4) is 0 Å². The van der Waals surface area contributed by atoms with Crippen molar-refractivity contribution in [3.05, 3.63) is 29.8 Å². The van der Waals surface area contributed by atoms with E-state index in [4.69, 9.17) is 5.73 Å². The average Bonchev–Trinajstić information content (AvgIpc) is 2.86. The molecule has 1 aliphatic heterocycles. The minimum absolute atomic E-state index is 0.112. The maximum Gasteiger partial charge on any atom is 0.246 e. The van der Waals surface area contributed by atoms with Crippen LogP contribution in [-0.4, -0.2) is 29.9 Å². The molecule has 1 aliphatic rings. The number of nitrogens with two attached hydrogens (primary N) is 1. The van der Waals surface area contributed by atoms with Crippen molar-refractivity contribution in [1.82, 2.24) is 5.32 Å². The quantitative estimate of drug-likeness (QED) is 0.788. The topological polar surface area (TPSA) is 75.4 Å². The van der Waals surface area contributed by atoms with Crippen molar-refractivity contribution < 1.29 is 9.59 Å². The molecular weight excluding hydrogens is 290 g/mol. The predicted molar refractivity (Wildman–Crippen MR) is 92.2 cm³/mol. The van der Waals surface area contributed by atoms with Crippen LogP contribution in [0.1, 0.15) is 45.6 Å². The highest BCUT2D eigenvalue weighted by Crippen LogP contribution is 2.39. The average molecular weight is 317 g/mol. The highest BCUT2D eigenvalue weighted by Gasteiger charge is 2.49. The monoisotopic (exact) mass is 317 g/mol. The SMILES string of the molecule is CCCCNC(=O)[C@]1(C)Cc2ccccc2N1C(=O)[C@@H](N)CC. The Hall–Kier alpha value is -1.88. The standard InChI is InChI=1S/C18H27N3O2/c1-4-6-11-20-17(23)18(3)12-13-9-7-8-10-15(13)21(18)16(22)14(19)5-2/h7-10,14H,4-6,11-12,19H2,1-3H3,(H,20,23)/t14-,18-/m0/s1. The zero-order chi connectivity index (χ0) is 17.0. The molecule has 0 spiro atoms. The molecule has 1 heterocycles. The summed E-state index contributed by atoms with van der Waals surface area (Å²) in [4.78, 5) is 27.2. The number of carbonyl (C=O) groups is 2. The van der Waals surface area contributed by atoms with Gasteiger partial charge in [-0.3, -0.25) is 14.5 Å². The van der Waals surface area contributed by atoms with Gasteiger partial charge >= 0.3 is 0 Å². The molecule has 5 heteroatoms. The van der Waals surface area contributed by atoms with Crippen molar-refractivity contribution in [1.29, 1.82) is 0 Å². The Kier molecular flexibility index (Phi) is 5.42. The lowest BCUT2D eigenvalue weighted by molar-refractivity contribution is -0.130. The predicted octanol–water partition coefficient (Wildman–Crippen LogP) is 1.99. The number of para-hydroxylation sites is 1. The van der Waals surface area contributed by atoms with Gasteiger partial charge < -0.3 is 11.1 Å². The number of anilines is 1. The molecule has 3 N–H and O–H groups in total. The van der Waals surface area contributed by atoms with Gasteiger partial charge in [0.05, 0.1) is 6.04 Å². The number of carbonyl (C=O) groups excluding carboxylic acids is 2. The second kappa shape index (κ2) is 7.13. The van der Waals surface area contributed by atoms with Gasteiger partial charge in [-0.2, -0.15) is 0 Å². The third kappa shape index (κ3) is 3.24. The molecule has 0 bridgehead atoms. The van der Waals surface area contributed by atoms with Gasteiger partial charge in [0, 0.05) is 18.7 Å². The maximum absolute atomic E-state index is 12.8. The number of rotatable bonds is 6. The summed E-state index contributed by atoms with van der Waals surface area (Å²) in [6.07, 6.45) is 3.01. The lowest BCUT2D eigenvalue weighted by Gasteiger charge is -2.35. The molecule has 0 fully saturated rings. The third-order valence-electron chi connectivity index (χ3n) is 4.54. The summed E-state index contributed by atoms with van der Waals surface area (Å²) in [7, 11) is 0. The van der Waals surface area contributed by atoms with Crippen LogP contribution < -0.4 is 16.0 Å². The molecule has 1 aromatic carbocycles. The number of hydrogen-bond acceptors (Lipinski definition) is 3. The largest absolute Gasteiger partial charge is 0.354 e. The minimum atomic E-state index is -0.915. The van der Waals surface area contributed by atoms with Gasteiger partial charge in [-0.15, -0.1) is 0 Å². The third-order valence-corrected chi connectivity index (χ3v) is 4.54. The molecular formula is C18H27N3O2. The number of benzene rings is 1. The molecule has 23 heavy (non-hydrogen) atoms. The number of hydrogen-bond donors (Lipinski definition) is 2. The van der Waals surface area contributed by atoms with Crippen LogP contribution in [0.3, 0.4) is 0 Å². The summed E-state index contributed by atoms with van der Waals surface area (Å²) in [6, 6.07) is 7.08. The lowest BCUT2D eigenvalue weighted by atomic mass is 9.94. The number of nitrogens with one attached hydrogen (secondary N) is 1. The van der Waals surface area contributed by atoms with Crippen molar-refractivity contribution in [2.45, 2.75) is 58.0 Å². The molecule has 2 amide bonds. The molecule has 0 saturated heterocycles. The van der Waals surface area contributed by atoms with Crippen LogP contribution >= 0.6 is 0 Å². The fourth-order valence-corrected chi connectivity index (χ4v) is 3.05. The fourth-order valence-electron chi connectivity index (χ4n) is 3.05. The number of nitrogens with zero attached hydrogens (tertiary/aromatic N) is 1. The molecule has 1 aromatic rings. The molecule has 0 aromatic heterocycles. The van der Waals surface area contributed by atoms with Gasteiger partial charge in [0.25, 0.3) is 0 Å². The van der Waals surface area contributed by atoms with Crippen molar-refractivity contribution in [2.24, 2.45) is 5.73 Å². The highest BCUT2D eigenvalue weighted by atomic mass is 16.2. The first-order chi connectivity index (χ1) is 11.0. The fraction of sp³-hybridized carbons (Fsp3) is 0.556. The van der Waals surface area contributed by atoms with Gasteiger partial charge in [-0.1, -0.05) is 38.5 Å². The first-order valence-corrected chi connectivity index (χ1v) is 8.41. The highest BCUT2D eigenvalue weighted by molar-refractivity contribution is 6.07. The molecule has 0 radical (unpaired) electrons. The summed E-state index contributed by atoms with van der Waals surface area (Å²) in [5.41, 5.74) is 6.87. The van der Waals surface area contributed by atoms with E-state index in [2.05, 4.69) is 12.2 Å². The van der Waals surface area contributed by atoms with Crippen LogP contribution in [0.15, 0.2) is 24.3 Å². The Balaban J connectivity index is 2.34. The Bertz CT molecular complexity index is 587. The molecule has 5 nitrogen and oxygen atoms in total. The summed E-state index contributed by atoms with van der Waals surface area (Å²) in [6.45, 7) is 6.41. The normalized spacial score (nSPS) is 21.0. The molecule has 0 unspecified atom stereocenters. The summed E-state index contributed by atoms with van der Waals surface area (Å²) in [5, 5.41) is 2.97. The molecule has 2 atom stereocenters. The van der Waals surface area contributed by atoms with Crippen molar-refractivity contribution in [3.63, 3.8) is 0 Å². The zero-order valence-electron chi connectivity index (χ0n) is 14.3. The van der Waals surface area contributed by atoms with Gasteiger partial charge in [-0.25, -0.2) is 0 Å². The first-order valence-electron chi connectivity index (χ1n) is 8.41. The van der Waals surface area contributed by atoms with Gasteiger partial charge in [0.2, 0.25) is 11.8 Å². The van der Waals surface area contributed by atoms with E-state index in [0.29, 0.717) is 19.4 Å². The van der Waals surface area contributed by atoms with E-state index in [1.807, 2.05) is 38.1 Å². The smallest absolute Gasteiger partial charge is 0.246 e. The van der Waals surface area contributed by atoms with E-state index in [9.17, 15) is 9.59 Å². The number of unbranched alkanes of at least 4 members (excludes halogenated alkanes) is 1. The second-order valence-corrected chi connectivity index (χ2v) is 6.38. The minimum Gasteiger partial charge on any atom is -0.354 e. The van der Waals surface area contributed by atoms with E-state index < -0.39 is 11.6 Å². The van der Waals surface area contributed by atoms with Crippen molar-refractivity contribution in [2.75, 3.05) is 11.4 Å². The molecule has 2 rings (SSSR count). The Morgan fingerprint density at radius 1 is 1.35 bits per heavy atom. The van der Waals surface area contributed by atoms with Crippen molar-refractivity contribution >= 4 is 17.5 Å². The van der Waals surface area contributed by atoms with Gasteiger partial charge in [0.15, 0.2) is 0 Å². The van der Waals surface area contributed by atoms with E-state index >= 15 is 0 Å². The van der Waals surface area contributed by atoms with Crippen LogP contribution in [-0.2, 0) is 16.0 Å². The molecule has 126 valence electrons. The Morgan fingerprint density at radius 3 is 2.70 bits per heavy atom.